The van der Waals surface area contributed by atoms with Crippen molar-refractivity contribution in [2.24, 2.45) is 0 Å². The molecule has 1 fully saturated rings. The second-order valence-electron chi connectivity index (χ2n) is 4.13. The fraction of sp³-hybridized carbons (Fsp3) is 0.700. The van der Waals surface area contributed by atoms with Crippen molar-refractivity contribution < 1.29 is 9.90 Å². The first-order valence-corrected chi connectivity index (χ1v) is 5.87. The van der Waals surface area contributed by atoms with Crippen molar-refractivity contribution in [1.29, 1.82) is 0 Å². The van der Waals surface area contributed by atoms with Gasteiger partial charge in [0.25, 0.3) is 0 Å². The van der Waals surface area contributed by atoms with E-state index in [0.29, 0.717) is 6.54 Å². The topological polar surface area (TPSA) is 83.3 Å². The summed E-state index contributed by atoms with van der Waals surface area (Å²) in [6, 6.07) is 0. The van der Waals surface area contributed by atoms with Crippen LogP contribution < -0.4 is 5.43 Å². The van der Waals surface area contributed by atoms with E-state index < -0.39 is 5.97 Å². The van der Waals surface area contributed by atoms with Crippen molar-refractivity contribution in [1.82, 2.24) is 25.4 Å². The molecule has 1 aliphatic heterocycles. The van der Waals surface area contributed by atoms with Gasteiger partial charge in [-0.05, 0) is 12.8 Å². The van der Waals surface area contributed by atoms with Crippen molar-refractivity contribution >= 4 is 5.97 Å². The Labute approximate surface area is 99.4 Å². The molecule has 0 aliphatic carbocycles. The lowest BCUT2D eigenvalue weighted by Gasteiger charge is -2.26. The number of piperidine rings is 1. The largest absolute Gasteiger partial charge is 0.476 e. The highest BCUT2D eigenvalue weighted by Crippen LogP contribution is 2.05. The van der Waals surface area contributed by atoms with Crippen LogP contribution in [0.15, 0.2) is 6.20 Å². The zero-order chi connectivity index (χ0) is 12.1. The zero-order valence-corrected chi connectivity index (χ0v) is 9.67. The summed E-state index contributed by atoms with van der Waals surface area (Å²) in [5.41, 5.74) is 3.29. The molecule has 7 nitrogen and oxygen atoms in total. The lowest BCUT2D eigenvalue weighted by Crippen LogP contribution is -2.43. The monoisotopic (exact) mass is 239 g/mol. The molecule has 0 radical (unpaired) electrons. The van der Waals surface area contributed by atoms with E-state index >= 15 is 0 Å². The van der Waals surface area contributed by atoms with Crippen molar-refractivity contribution in [2.75, 3.05) is 19.6 Å². The van der Waals surface area contributed by atoms with E-state index in [0.717, 1.165) is 19.6 Å². The first-order valence-electron chi connectivity index (χ1n) is 5.87. The number of hydrogen-bond donors (Lipinski definition) is 2. The quantitative estimate of drug-likeness (QED) is 0.750. The van der Waals surface area contributed by atoms with Gasteiger partial charge in [0, 0.05) is 19.6 Å². The molecule has 1 aromatic heterocycles. The van der Waals surface area contributed by atoms with Crippen LogP contribution in [-0.2, 0) is 6.54 Å². The summed E-state index contributed by atoms with van der Waals surface area (Å²) < 4.78 is 1.54. The number of carbonyl (C=O) groups is 1. The molecule has 0 unspecified atom stereocenters. The maximum Gasteiger partial charge on any atom is 0.358 e. The summed E-state index contributed by atoms with van der Waals surface area (Å²) in [6.07, 6.45) is 5.22. The Morgan fingerprint density at radius 2 is 2.18 bits per heavy atom. The summed E-state index contributed by atoms with van der Waals surface area (Å²) in [6.45, 7) is 3.52. The SMILES string of the molecule is O=C(O)c1cn(CCNN2CCCCC2)nn1. The fourth-order valence-electron chi connectivity index (χ4n) is 1.88. The van der Waals surface area contributed by atoms with Gasteiger partial charge in [-0.2, -0.15) is 0 Å². The van der Waals surface area contributed by atoms with E-state index in [9.17, 15) is 4.79 Å². The number of nitrogens with zero attached hydrogens (tertiary/aromatic N) is 4. The highest BCUT2D eigenvalue weighted by molar-refractivity contribution is 5.84. The number of nitrogens with one attached hydrogen (secondary N) is 1. The van der Waals surface area contributed by atoms with Crippen LogP contribution in [0.5, 0.6) is 0 Å². The zero-order valence-electron chi connectivity index (χ0n) is 9.67. The summed E-state index contributed by atoms with van der Waals surface area (Å²) >= 11 is 0. The van der Waals surface area contributed by atoms with Gasteiger partial charge in [-0.25, -0.2) is 9.80 Å². The molecule has 2 N–H and O–H groups in total. The predicted molar refractivity (Wildman–Crippen MR) is 60.4 cm³/mol. The lowest BCUT2D eigenvalue weighted by molar-refractivity contribution is 0.0690. The van der Waals surface area contributed by atoms with E-state index in [2.05, 4.69) is 20.7 Å². The van der Waals surface area contributed by atoms with Gasteiger partial charge in [0.1, 0.15) is 0 Å². The average Bonchev–Trinajstić information content (AvgIpc) is 2.79. The van der Waals surface area contributed by atoms with Gasteiger partial charge < -0.3 is 5.11 Å². The maximum atomic E-state index is 10.6. The Morgan fingerprint density at radius 3 is 2.82 bits per heavy atom. The van der Waals surface area contributed by atoms with E-state index in [4.69, 9.17) is 5.11 Å². The van der Waals surface area contributed by atoms with Gasteiger partial charge in [0.2, 0.25) is 0 Å². The van der Waals surface area contributed by atoms with Gasteiger partial charge in [-0.3, -0.25) is 10.1 Å². The second-order valence-corrected chi connectivity index (χ2v) is 4.13. The van der Waals surface area contributed by atoms with Crippen LogP contribution in [0.25, 0.3) is 0 Å². The Morgan fingerprint density at radius 1 is 1.41 bits per heavy atom. The van der Waals surface area contributed by atoms with Crippen molar-refractivity contribution in [3.63, 3.8) is 0 Å². The van der Waals surface area contributed by atoms with Crippen LogP contribution in [0.3, 0.4) is 0 Å². The molecular formula is C10H17N5O2. The Kier molecular flexibility index (Phi) is 4.05. The van der Waals surface area contributed by atoms with E-state index in [1.807, 2.05) is 0 Å². The predicted octanol–water partition coefficient (Wildman–Crippen LogP) is -0.0332. The van der Waals surface area contributed by atoms with Gasteiger partial charge >= 0.3 is 5.97 Å². The maximum absolute atomic E-state index is 10.6. The molecule has 17 heavy (non-hydrogen) atoms. The third-order valence-electron chi connectivity index (χ3n) is 2.79. The Balaban J connectivity index is 1.71. The number of aromatic nitrogens is 3. The average molecular weight is 239 g/mol. The molecule has 0 atom stereocenters. The minimum Gasteiger partial charge on any atom is -0.476 e. The van der Waals surface area contributed by atoms with Gasteiger partial charge in [0.05, 0.1) is 12.7 Å². The molecule has 2 heterocycles. The molecule has 0 amide bonds. The molecule has 0 aromatic carbocycles. The van der Waals surface area contributed by atoms with Crippen molar-refractivity contribution in [3.05, 3.63) is 11.9 Å². The first kappa shape index (κ1) is 12.0. The normalized spacial score (nSPS) is 17.2. The van der Waals surface area contributed by atoms with Crippen LogP contribution in [0.1, 0.15) is 29.8 Å². The van der Waals surface area contributed by atoms with E-state index in [1.165, 1.54) is 25.5 Å². The van der Waals surface area contributed by atoms with Gasteiger partial charge in [-0.1, -0.05) is 11.6 Å². The van der Waals surface area contributed by atoms with E-state index in [-0.39, 0.29) is 5.69 Å². The summed E-state index contributed by atoms with van der Waals surface area (Å²) in [5, 5.41) is 18.2. The molecule has 1 aliphatic rings. The van der Waals surface area contributed by atoms with Crippen molar-refractivity contribution in [3.8, 4) is 0 Å². The molecular weight excluding hydrogens is 222 g/mol. The molecule has 1 saturated heterocycles. The van der Waals surface area contributed by atoms with Crippen LogP contribution >= 0.6 is 0 Å². The number of carboxylic acid groups (broad SMARTS) is 1. The number of hydrazine groups is 1. The van der Waals surface area contributed by atoms with Gasteiger partial charge in [-0.15, -0.1) is 5.10 Å². The number of hydrogen-bond acceptors (Lipinski definition) is 5. The summed E-state index contributed by atoms with van der Waals surface area (Å²) in [7, 11) is 0. The molecule has 2 rings (SSSR count). The van der Waals surface area contributed by atoms with Crippen LogP contribution in [-0.4, -0.2) is 50.7 Å². The van der Waals surface area contributed by atoms with Crippen molar-refractivity contribution in [2.45, 2.75) is 25.8 Å². The van der Waals surface area contributed by atoms with Gasteiger partial charge in [0.15, 0.2) is 5.69 Å². The summed E-state index contributed by atoms with van der Waals surface area (Å²) in [5.74, 6) is -1.04. The highest BCUT2D eigenvalue weighted by Gasteiger charge is 2.10. The molecule has 0 spiro atoms. The molecule has 7 heteroatoms. The third-order valence-corrected chi connectivity index (χ3v) is 2.79. The smallest absolute Gasteiger partial charge is 0.358 e. The van der Waals surface area contributed by atoms with Crippen LogP contribution in [0.4, 0.5) is 0 Å². The van der Waals surface area contributed by atoms with Crippen LogP contribution in [0.2, 0.25) is 0 Å². The summed E-state index contributed by atoms with van der Waals surface area (Å²) in [4.78, 5) is 10.6. The third kappa shape index (κ3) is 3.50. The number of aromatic carboxylic acids is 1. The highest BCUT2D eigenvalue weighted by atomic mass is 16.4. The molecule has 94 valence electrons. The van der Waals surface area contributed by atoms with Crippen LogP contribution in [0, 0.1) is 0 Å². The minimum atomic E-state index is -1.04. The minimum absolute atomic E-state index is 0.0111. The Bertz CT molecular complexity index is 373. The molecule has 1 aromatic rings. The molecule has 0 bridgehead atoms. The lowest BCUT2D eigenvalue weighted by atomic mass is 10.2. The van der Waals surface area contributed by atoms with E-state index in [1.54, 1.807) is 4.68 Å². The standard InChI is InChI=1S/C10H17N5O2/c16-10(17)9-8-15(13-12-9)7-4-11-14-5-2-1-3-6-14/h8,11H,1-7H2,(H,16,17). The second kappa shape index (κ2) is 5.74. The number of rotatable bonds is 5. The first-order chi connectivity index (χ1) is 8.25. The Hall–Kier alpha value is -1.47. The number of carboxylic acids is 1. The molecule has 0 saturated carbocycles. The fourth-order valence-corrected chi connectivity index (χ4v) is 1.88.